The first-order chi connectivity index (χ1) is 9.59. The van der Waals surface area contributed by atoms with E-state index in [0.29, 0.717) is 12.1 Å². The smallest absolute Gasteiger partial charge is 0.0798 e. The van der Waals surface area contributed by atoms with E-state index in [2.05, 4.69) is 73.5 Å². The van der Waals surface area contributed by atoms with Gasteiger partial charge in [0, 0.05) is 23.5 Å². The molecule has 0 amide bonds. The Morgan fingerprint density at radius 2 is 1.95 bits per heavy atom. The summed E-state index contributed by atoms with van der Waals surface area (Å²) in [5.41, 5.74) is 4.40. The molecule has 2 rings (SSSR count). The van der Waals surface area contributed by atoms with Gasteiger partial charge in [-0.15, -0.1) is 11.3 Å². The third kappa shape index (κ3) is 3.66. The van der Waals surface area contributed by atoms with Gasteiger partial charge in [-0.2, -0.15) is 0 Å². The van der Waals surface area contributed by atoms with Crippen molar-refractivity contribution in [1.29, 1.82) is 0 Å². The summed E-state index contributed by atoms with van der Waals surface area (Å²) < 4.78 is 0. The molecule has 1 aromatic heterocycles. The number of aryl methyl sites for hydroxylation is 1. The molecule has 0 fully saturated rings. The zero-order valence-corrected chi connectivity index (χ0v) is 13.4. The molecule has 0 spiro atoms. The Balaban J connectivity index is 2.02. The van der Waals surface area contributed by atoms with Gasteiger partial charge in [0.2, 0.25) is 0 Å². The lowest BCUT2D eigenvalue weighted by molar-refractivity contribution is 0.282. The van der Waals surface area contributed by atoms with Gasteiger partial charge in [0.05, 0.1) is 11.2 Å². The van der Waals surface area contributed by atoms with E-state index in [9.17, 15) is 0 Å². The second kappa shape index (κ2) is 6.97. The molecule has 0 aliphatic carbocycles. The summed E-state index contributed by atoms with van der Waals surface area (Å²) in [6.45, 7) is 5.21. The van der Waals surface area contributed by atoms with Gasteiger partial charge < -0.3 is 10.2 Å². The molecule has 108 valence electrons. The van der Waals surface area contributed by atoms with Crippen molar-refractivity contribution in [1.82, 2.24) is 15.2 Å². The number of aromatic nitrogens is 1. The largest absolute Gasteiger partial charge is 0.307 e. The van der Waals surface area contributed by atoms with Crippen molar-refractivity contribution in [3.8, 4) is 0 Å². The number of rotatable bonds is 6. The minimum Gasteiger partial charge on any atom is -0.307 e. The van der Waals surface area contributed by atoms with Crippen LogP contribution in [-0.4, -0.2) is 30.5 Å². The van der Waals surface area contributed by atoms with E-state index in [-0.39, 0.29) is 0 Å². The Morgan fingerprint density at radius 1 is 1.25 bits per heavy atom. The number of hydrogen-bond donors (Lipinski definition) is 1. The van der Waals surface area contributed by atoms with Crippen LogP contribution in [0.1, 0.15) is 35.1 Å². The monoisotopic (exact) mass is 289 g/mol. The van der Waals surface area contributed by atoms with Gasteiger partial charge in [0.25, 0.3) is 0 Å². The van der Waals surface area contributed by atoms with Crippen LogP contribution in [0.2, 0.25) is 0 Å². The second-order valence-electron chi connectivity index (χ2n) is 5.32. The predicted octanol–water partition coefficient (Wildman–Crippen LogP) is 3.41. The normalized spacial score (nSPS) is 14.4. The van der Waals surface area contributed by atoms with Crippen molar-refractivity contribution in [2.24, 2.45) is 0 Å². The average Bonchev–Trinajstić information content (AvgIpc) is 2.86. The van der Waals surface area contributed by atoms with Crippen molar-refractivity contribution in [3.05, 3.63) is 52.0 Å². The Labute approximate surface area is 125 Å². The van der Waals surface area contributed by atoms with Crippen molar-refractivity contribution in [2.75, 3.05) is 20.6 Å². The van der Waals surface area contributed by atoms with Crippen LogP contribution >= 0.6 is 11.3 Å². The summed E-state index contributed by atoms with van der Waals surface area (Å²) in [6, 6.07) is 11.4. The molecule has 0 aliphatic rings. The molecule has 1 N–H and O–H groups in total. The fourth-order valence-electron chi connectivity index (χ4n) is 2.38. The summed E-state index contributed by atoms with van der Waals surface area (Å²) in [5, 5.41) is 3.63. The van der Waals surface area contributed by atoms with Crippen LogP contribution in [0.15, 0.2) is 35.8 Å². The Hall–Kier alpha value is -1.23. The van der Waals surface area contributed by atoms with Gasteiger partial charge in [-0.05, 0) is 33.5 Å². The molecule has 20 heavy (non-hydrogen) atoms. The van der Waals surface area contributed by atoms with Gasteiger partial charge in [-0.25, -0.2) is 4.98 Å². The maximum absolute atomic E-state index is 4.33. The topological polar surface area (TPSA) is 28.2 Å². The van der Waals surface area contributed by atoms with Crippen molar-refractivity contribution >= 4 is 11.3 Å². The molecule has 4 heteroatoms. The number of nitrogens with one attached hydrogen (secondary N) is 1. The predicted molar refractivity (Wildman–Crippen MR) is 86.1 cm³/mol. The maximum Gasteiger partial charge on any atom is 0.0798 e. The summed E-state index contributed by atoms with van der Waals surface area (Å²) >= 11 is 1.73. The summed E-state index contributed by atoms with van der Waals surface area (Å²) in [7, 11) is 4.25. The fourth-order valence-corrected chi connectivity index (χ4v) is 3.22. The first kappa shape index (κ1) is 15.2. The standard InChI is InChI=1S/C16H23N3S/c1-12(16-13(2)18-11-20-16)17-10-15(19(3)4)14-8-6-5-7-9-14/h5-9,11-12,15,17H,10H2,1-4H3. The Kier molecular flexibility index (Phi) is 5.29. The third-order valence-electron chi connectivity index (χ3n) is 3.60. The molecule has 0 saturated heterocycles. The lowest BCUT2D eigenvalue weighted by Gasteiger charge is -2.26. The van der Waals surface area contributed by atoms with Gasteiger partial charge >= 0.3 is 0 Å². The zero-order valence-electron chi connectivity index (χ0n) is 12.6. The first-order valence-electron chi connectivity index (χ1n) is 6.94. The number of benzene rings is 1. The summed E-state index contributed by atoms with van der Waals surface area (Å²) in [6.07, 6.45) is 0. The Bertz CT molecular complexity index is 522. The quantitative estimate of drug-likeness (QED) is 0.883. The highest BCUT2D eigenvalue weighted by atomic mass is 32.1. The van der Waals surface area contributed by atoms with Gasteiger partial charge in [-0.1, -0.05) is 30.3 Å². The fraction of sp³-hybridized carbons (Fsp3) is 0.438. The van der Waals surface area contributed by atoms with E-state index in [0.717, 1.165) is 12.2 Å². The van der Waals surface area contributed by atoms with Gasteiger partial charge in [0.15, 0.2) is 0 Å². The number of nitrogens with zero attached hydrogens (tertiary/aromatic N) is 2. The number of thiazole rings is 1. The second-order valence-corrected chi connectivity index (χ2v) is 6.21. The molecule has 0 bridgehead atoms. The highest BCUT2D eigenvalue weighted by Gasteiger charge is 2.16. The molecule has 2 unspecified atom stereocenters. The van der Waals surface area contributed by atoms with E-state index >= 15 is 0 Å². The minimum atomic E-state index is 0.341. The molecule has 0 aliphatic heterocycles. The summed E-state index contributed by atoms with van der Waals surface area (Å²) in [4.78, 5) is 7.91. The van der Waals surface area contributed by atoms with Crippen LogP contribution in [0.25, 0.3) is 0 Å². The lowest BCUT2D eigenvalue weighted by atomic mass is 10.1. The van der Waals surface area contributed by atoms with E-state index < -0.39 is 0 Å². The van der Waals surface area contributed by atoms with Gasteiger partial charge in [-0.3, -0.25) is 0 Å². The highest BCUT2D eigenvalue weighted by Crippen LogP contribution is 2.23. The van der Waals surface area contributed by atoms with Crippen LogP contribution in [-0.2, 0) is 0 Å². The third-order valence-corrected chi connectivity index (χ3v) is 4.71. The van der Waals surface area contributed by atoms with Crippen molar-refractivity contribution < 1.29 is 0 Å². The zero-order chi connectivity index (χ0) is 14.5. The minimum absolute atomic E-state index is 0.341. The molecular formula is C16H23N3S. The molecular weight excluding hydrogens is 266 g/mol. The Morgan fingerprint density at radius 3 is 2.50 bits per heavy atom. The van der Waals surface area contributed by atoms with E-state index in [1.54, 1.807) is 11.3 Å². The van der Waals surface area contributed by atoms with Crippen LogP contribution < -0.4 is 5.32 Å². The van der Waals surface area contributed by atoms with Crippen LogP contribution in [0.3, 0.4) is 0 Å². The summed E-state index contributed by atoms with van der Waals surface area (Å²) in [5.74, 6) is 0. The molecule has 1 heterocycles. The van der Waals surface area contributed by atoms with E-state index in [1.807, 2.05) is 5.51 Å². The molecule has 0 saturated carbocycles. The molecule has 1 aromatic carbocycles. The highest BCUT2D eigenvalue weighted by molar-refractivity contribution is 7.09. The average molecular weight is 289 g/mol. The number of hydrogen-bond acceptors (Lipinski definition) is 4. The van der Waals surface area contributed by atoms with E-state index in [1.165, 1.54) is 10.4 Å². The van der Waals surface area contributed by atoms with Crippen molar-refractivity contribution in [2.45, 2.75) is 25.9 Å². The molecule has 2 atom stereocenters. The molecule has 0 radical (unpaired) electrons. The van der Waals surface area contributed by atoms with Crippen LogP contribution in [0.5, 0.6) is 0 Å². The van der Waals surface area contributed by atoms with Crippen LogP contribution in [0, 0.1) is 6.92 Å². The number of likely N-dealkylation sites (N-methyl/N-ethyl adjacent to an activating group) is 1. The molecule has 2 aromatic rings. The van der Waals surface area contributed by atoms with Crippen molar-refractivity contribution in [3.63, 3.8) is 0 Å². The first-order valence-corrected chi connectivity index (χ1v) is 7.82. The SMILES string of the molecule is Cc1ncsc1C(C)NCC(c1ccccc1)N(C)C. The molecule has 3 nitrogen and oxygen atoms in total. The maximum atomic E-state index is 4.33. The van der Waals surface area contributed by atoms with E-state index in [4.69, 9.17) is 0 Å². The van der Waals surface area contributed by atoms with Crippen LogP contribution in [0.4, 0.5) is 0 Å². The van der Waals surface area contributed by atoms with Gasteiger partial charge in [0.1, 0.15) is 0 Å². The lowest BCUT2D eigenvalue weighted by Crippen LogP contribution is -2.32.